The molecular weight excluding hydrogens is 366 g/mol. The van der Waals surface area contributed by atoms with Crippen molar-refractivity contribution in [2.24, 2.45) is 0 Å². The number of hydrogen-bond acceptors (Lipinski definition) is 3. The van der Waals surface area contributed by atoms with Crippen LogP contribution in [0.4, 0.5) is 0 Å². The molecule has 0 radical (unpaired) electrons. The van der Waals surface area contributed by atoms with Crippen LogP contribution >= 0.6 is 0 Å². The number of carboxylic acids is 1. The molecule has 2 aromatic rings. The molecule has 27 heavy (non-hydrogen) atoms. The topological polar surface area (TPSA) is 95.9 Å². The molecule has 2 rings (SSSR count). The number of nitrogens with one attached hydrogen (secondary N) is 1. The zero-order valence-corrected chi connectivity index (χ0v) is 16.7. The molecule has 2 aromatic carbocycles. The Balaban J connectivity index is 2.74. The van der Waals surface area contributed by atoms with Crippen molar-refractivity contribution in [2.45, 2.75) is 38.1 Å². The van der Waals surface area contributed by atoms with Gasteiger partial charge in [0.2, 0.25) is 11.3 Å². The second kappa shape index (κ2) is 8.21. The zero-order valence-electron chi connectivity index (χ0n) is 15.9. The standard InChI is InChI=1S/C20H25NO5S/c1-19(2,3)14-9-11-15(12-10-14)20(13-18(22)23,21-27(24)25)16-7-5-6-8-17(16)26-4/h5-12,21H,13H2,1-4H3,(H,22,23)(H,24,25). The molecule has 0 aliphatic heterocycles. The lowest BCUT2D eigenvalue weighted by molar-refractivity contribution is -0.138. The molecule has 6 nitrogen and oxygen atoms in total. The number of aliphatic carboxylic acids is 1. The maximum absolute atomic E-state index is 11.7. The second-order valence-electron chi connectivity index (χ2n) is 7.35. The maximum atomic E-state index is 11.7. The first-order valence-corrected chi connectivity index (χ1v) is 9.56. The predicted molar refractivity (Wildman–Crippen MR) is 105 cm³/mol. The van der Waals surface area contributed by atoms with Gasteiger partial charge in [-0.3, -0.25) is 9.35 Å². The number of carboxylic acid groups (broad SMARTS) is 1. The normalized spacial score (nSPS) is 15.0. The molecule has 0 bridgehead atoms. The molecule has 0 saturated carbocycles. The molecule has 0 spiro atoms. The van der Waals surface area contributed by atoms with Crippen molar-refractivity contribution in [1.29, 1.82) is 0 Å². The Bertz CT molecular complexity index is 811. The third kappa shape index (κ3) is 4.74. The summed E-state index contributed by atoms with van der Waals surface area (Å²) in [4.78, 5) is 11.7. The van der Waals surface area contributed by atoms with E-state index < -0.39 is 29.2 Å². The molecule has 0 aliphatic rings. The smallest absolute Gasteiger partial charge is 0.305 e. The van der Waals surface area contributed by atoms with Gasteiger partial charge in [0.25, 0.3) is 0 Å². The van der Waals surface area contributed by atoms with E-state index >= 15 is 0 Å². The summed E-state index contributed by atoms with van der Waals surface area (Å²) in [5.41, 5.74) is 0.589. The van der Waals surface area contributed by atoms with Gasteiger partial charge < -0.3 is 9.84 Å². The Morgan fingerprint density at radius 3 is 2.11 bits per heavy atom. The van der Waals surface area contributed by atoms with Crippen molar-refractivity contribution in [2.75, 3.05) is 7.11 Å². The summed E-state index contributed by atoms with van der Waals surface area (Å²) in [6, 6.07) is 14.3. The van der Waals surface area contributed by atoms with Crippen LogP contribution in [0.15, 0.2) is 48.5 Å². The van der Waals surface area contributed by atoms with Crippen molar-refractivity contribution in [1.82, 2.24) is 4.72 Å². The number of para-hydroxylation sites is 1. The van der Waals surface area contributed by atoms with Gasteiger partial charge in [0.1, 0.15) is 5.75 Å². The number of ether oxygens (including phenoxy) is 1. The van der Waals surface area contributed by atoms with E-state index in [1.165, 1.54) is 7.11 Å². The highest BCUT2D eigenvalue weighted by atomic mass is 32.2. The highest BCUT2D eigenvalue weighted by Crippen LogP contribution is 2.39. The van der Waals surface area contributed by atoms with E-state index in [1.54, 1.807) is 36.4 Å². The van der Waals surface area contributed by atoms with Crippen LogP contribution in [0.1, 0.15) is 43.9 Å². The van der Waals surface area contributed by atoms with Crippen LogP contribution in [-0.2, 0) is 27.0 Å². The predicted octanol–water partition coefficient (Wildman–Crippen LogP) is 3.44. The fourth-order valence-corrected chi connectivity index (χ4v) is 3.73. The zero-order chi connectivity index (χ0) is 20.2. The molecule has 7 heteroatoms. The lowest BCUT2D eigenvalue weighted by Crippen LogP contribution is -2.46. The van der Waals surface area contributed by atoms with Gasteiger partial charge in [0, 0.05) is 5.56 Å². The summed E-state index contributed by atoms with van der Waals surface area (Å²) in [5.74, 6) is -0.685. The van der Waals surface area contributed by atoms with Crippen LogP contribution in [0, 0.1) is 0 Å². The van der Waals surface area contributed by atoms with Crippen molar-refractivity contribution in [3.8, 4) is 5.75 Å². The van der Waals surface area contributed by atoms with Gasteiger partial charge in [-0.05, 0) is 22.6 Å². The molecule has 0 aliphatic carbocycles. The third-order valence-electron chi connectivity index (χ3n) is 4.49. The largest absolute Gasteiger partial charge is 0.496 e. The minimum atomic E-state index is -2.45. The van der Waals surface area contributed by atoms with Gasteiger partial charge in [-0.1, -0.05) is 63.2 Å². The number of benzene rings is 2. The number of hydrogen-bond donors (Lipinski definition) is 3. The van der Waals surface area contributed by atoms with Crippen LogP contribution < -0.4 is 9.46 Å². The Hall–Kier alpha value is -2.22. The molecule has 0 fully saturated rings. The minimum Gasteiger partial charge on any atom is -0.496 e. The van der Waals surface area contributed by atoms with E-state index in [2.05, 4.69) is 25.5 Å². The summed E-state index contributed by atoms with van der Waals surface area (Å²) in [7, 11) is 1.48. The Morgan fingerprint density at radius 1 is 1.07 bits per heavy atom. The van der Waals surface area contributed by atoms with Crippen LogP contribution in [0.3, 0.4) is 0 Å². The molecule has 3 N–H and O–H groups in total. The fourth-order valence-electron chi connectivity index (χ4n) is 3.13. The summed E-state index contributed by atoms with van der Waals surface area (Å²) >= 11 is -2.45. The van der Waals surface area contributed by atoms with Gasteiger partial charge in [-0.15, -0.1) is 0 Å². The average Bonchev–Trinajstić information content (AvgIpc) is 2.59. The van der Waals surface area contributed by atoms with Crippen LogP contribution in [0.5, 0.6) is 5.75 Å². The molecule has 0 heterocycles. The van der Waals surface area contributed by atoms with Crippen LogP contribution in [0.25, 0.3) is 0 Å². The SMILES string of the molecule is COc1ccccc1C(CC(=O)O)(NS(=O)O)c1ccc(C(C)(C)C)cc1. The number of rotatable bonds is 7. The van der Waals surface area contributed by atoms with E-state index in [-0.39, 0.29) is 5.41 Å². The Labute approximate surface area is 162 Å². The van der Waals surface area contributed by atoms with E-state index in [1.807, 2.05) is 12.1 Å². The van der Waals surface area contributed by atoms with Crippen LogP contribution in [0.2, 0.25) is 0 Å². The number of carbonyl (C=O) groups is 1. The second-order valence-corrected chi connectivity index (χ2v) is 8.06. The van der Waals surface area contributed by atoms with Gasteiger partial charge >= 0.3 is 5.97 Å². The summed E-state index contributed by atoms with van der Waals surface area (Å²) in [5, 5.41) is 9.57. The Morgan fingerprint density at radius 2 is 1.63 bits per heavy atom. The van der Waals surface area contributed by atoms with Gasteiger partial charge in [-0.25, -0.2) is 4.21 Å². The Kier molecular flexibility index (Phi) is 6.41. The summed E-state index contributed by atoms with van der Waals surface area (Å²) in [6.07, 6.45) is -0.436. The van der Waals surface area contributed by atoms with Gasteiger partial charge in [-0.2, -0.15) is 4.72 Å². The third-order valence-corrected chi connectivity index (χ3v) is 5.01. The molecule has 0 amide bonds. The van der Waals surface area contributed by atoms with Gasteiger partial charge in [0.05, 0.1) is 19.1 Å². The first-order valence-electron chi connectivity index (χ1n) is 8.45. The summed E-state index contributed by atoms with van der Waals surface area (Å²) < 4.78 is 29.3. The highest BCUT2D eigenvalue weighted by Gasteiger charge is 2.40. The lowest BCUT2D eigenvalue weighted by Gasteiger charge is -2.34. The van der Waals surface area contributed by atoms with Crippen molar-refractivity contribution >= 4 is 17.2 Å². The highest BCUT2D eigenvalue weighted by molar-refractivity contribution is 7.77. The number of methoxy groups -OCH3 is 1. The monoisotopic (exact) mass is 391 g/mol. The van der Waals surface area contributed by atoms with Gasteiger partial charge in [0.15, 0.2) is 0 Å². The van der Waals surface area contributed by atoms with E-state index in [9.17, 15) is 18.7 Å². The minimum absolute atomic E-state index is 0.0777. The van der Waals surface area contributed by atoms with E-state index in [4.69, 9.17) is 4.74 Å². The van der Waals surface area contributed by atoms with Crippen LogP contribution in [-0.4, -0.2) is 26.9 Å². The molecule has 2 unspecified atom stereocenters. The van der Waals surface area contributed by atoms with Crippen molar-refractivity contribution in [3.05, 3.63) is 65.2 Å². The summed E-state index contributed by atoms with van der Waals surface area (Å²) in [6.45, 7) is 6.23. The average molecular weight is 391 g/mol. The van der Waals surface area contributed by atoms with Crippen molar-refractivity contribution in [3.63, 3.8) is 0 Å². The maximum Gasteiger partial charge on any atom is 0.305 e. The van der Waals surface area contributed by atoms with E-state index in [0.717, 1.165) is 5.56 Å². The lowest BCUT2D eigenvalue weighted by atomic mass is 9.78. The van der Waals surface area contributed by atoms with E-state index in [0.29, 0.717) is 16.9 Å². The molecule has 146 valence electrons. The molecule has 0 saturated heterocycles. The molecule has 0 aromatic heterocycles. The fraction of sp³-hybridized carbons (Fsp3) is 0.350. The quantitative estimate of drug-likeness (QED) is 0.629. The molecule has 2 atom stereocenters. The first kappa shape index (κ1) is 21.1. The first-order chi connectivity index (χ1) is 12.6. The van der Waals surface area contributed by atoms with Crippen molar-refractivity contribution < 1.29 is 23.4 Å². The molecular formula is C20H25NO5S.